The molecule has 0 aliphatic carbocycles. The summed E-state index contributed by atoms with van der Waals surface area (Å²) in [7, 11) is -3.86. The number of sulfonamides is 1. The minimum absolute atomic E-state index is 0.0836. The molecule has 0 fully saturated rings. The molecule has 5 nitrogen and oxygen atoms in total. The van der Waals surface area contributed by atoms with Crippen molar-refractivity contribution in [3.63, 3.8) is 0 Å². The topological polar surface area (TPSA) is 89.3 Å². The first-order valence-electron chi connectivity index (χ1n) is 5.61. The van der Waals surface area contributed by atoms with E-state index in [1.165, 1.54) is 18.2 Å². The van der Waals surface area contributed by atoms with Gasteiger partial charge in [0.1, 0.15) is 0 Å². The Hall–Kier alpha value is -1.11. The largest absolute Gasteiger partial charge is 0.351 e. The predicted octanol–water partition coefficient (Wildman–Crippen LogP) is 1.76. The van der Waals surface area contributed by atoms with Crippen LogP contribution >= 0.6 is 11.6 Å². The first-order chi connectivity index (χ1) is 8.50. The van der Waals surface area contributed by atoms with Gasteiger partial charge in [0.2, 0.25) is 10.0 Å². The third kappa shape index (κ3) is 4.81. The predicted molar refractivity (Wildman–Crippen MR) is 74.6 cm³/mol. The highest BCUT2D eigenvalue weighted by Gasteiger charge is 2.17. The van der Waals surface area contributed by atoms with Crippen molar-refractivity contribution in [3.05, 3.63) is 28.8 Å². The molecule has 0 unspecified atom stereocenters. The summed E-state index contributed by atoms with van der Waals surface area (Å²) in [6.07, 6.45) is 0. The fourth-order valence-electron chi connectivity index (χ4n) is 1.30. The van der Waals surface area contributed by atoms with Gasteiger partial charge in [-0.15, -0.1) is 0 Å². The van der Waals surface area contributed by atoms with Gasteiger partial charge in [-0.2, -0.15) is 0 Å². The Morgan fingerprint density at radius 3 is 2.42 bits per heavy atom. The number of amides is 1. The molecule has 7 heteroatoms. The molecule has 0 heterocycles. The lowest BCUT2D eigenvalue weighted by Gasteiger charge is -2.19. The molecule has 0 saturated carbocycles. The monoisotopic (exact) mass is 304 g/mol. The number of hydrogen-bond donors (Lipinski definition) is 2. The summed E-state index contributed by atoms with van der Waals surface area (Å²) in [5, 5.41) is 7.90. The lowest BCUT2D eigenvalue weighted by Crippen LogP contribution is -2.32. The molecular formula is C12H17ClN2O3S. The Bertz CT molecular complexity index is 591. The highest BCUT2D eigenvalue weighted by atomic mass is 35.5. The highest BCUT2D eigenvalue weighted by molar-refractivity contribution is 7.89. The molecule has 19 heavy (non-hydrogen) atoms. The zero-order chi connectivity index (χ0) is 14.8. The van der Waals surface area contributed by atoms with Crippen LogP contribution in [0, 0.1) is 5.41 Å². The minimum atomic E-state index is -3.86. The minimum Gasteiger partial charge on any atom is -0.351 e. The van der Waals surface area contributed by atoms with Gasteiger partial charge >= 0.3 is 0 Å². The van der Waals surface area contributed by atoms with Crippen LogP contribution in [0.25, 0.3) is 0 Å². The average Bonchev–Trinajstić information content (AvgIpc) is 2.24. The Morgan fingerprint density at radius 2 is 1.95 bits per heavy atom. The molecule has 0 aliphatic rings. The number of rotatable bonds is 3. The molecule has 1 aromatic rings. The molecule has 0 saturated heterocycles. The average molecular weight is 305 g/mol. The van der Waals surface area contributed by atoms with E-state index in [9.17, 15) is 13.2 Å². The van der Waals surface area contributed by atoms with Gasteiger partial charge in [-0.25, -0.2) is 13.6 Å². The van der Waals surface area contributed by atoms with E-state index in [1.54, 1.807) is 0 Å². The summed E-state index contributed by atoms with van der Waals surface area (Å²) >= 11 is 5.89. The standard InChI is InChI=1S/C12H17ClN2O3S/c1-12(2,3)7-15-11(16)9-6-8(19(14,17)18)4-5-10(9)13/h4-6H,7H2,1-3H3,(H,15,16)(H2,14,17,18). The van der Waals surface area contributed by atoms with Gasteiger partial charge in [-0.1, -0.05) is 32.4 Å². The van der Waals surface area contributed by atoms with Crippen LogP contribution in [0.2, 0.25) is 5.02 Å². The van der Waals surface area contributed by atoms with Gasteiger partial charge in [0, 0.05) is 6.54 Å². The summed E-state index contributed by atoms with van der Waals surface area (Å²) in [6, 6.07) is 3.78. The van der Waals surface area contributed by atoms with E-state index in [2.05, 4.69) is 5.32 Å². The summed E-state index contributed by atoms with van der Waals surface area (Å²) in [5.74, 6) is -0.426. The van der Waals surface area contributed by atoms with Crippen LogP contribution in [0.3, 0.4) is 0 Å². The van der Waals surface area contributed by atoms with Crippen LogP contribution in [-0.2, 0) is 10.0 Å². The van der Waals surface area contributed by atoms with E-state index in [0.717, 1.165) is 0 Å². The van der Waals surface area contributed by atoms with Gasteiger partial charge in [-0.3, -0.25) is 4.79 Å². The lowest BCUT2D eigenvalue weighted by molar-refractivity contribution is 0.0939. The molecule has 0 radical (unpaired) electrons. The Balaban J connectivity index is 3.03. The maximum absolute atomic E-state index is 12.0. The number of hydrogen-bond acceptors (Lipinski definition) is 3. The Labute approximate surface area is 118 Å². The van der Waals surface area contributed by atoms with Crippen LogP contribution in [0.5, 0.6) is 0 Å². The smallest absolute Gasteiger partial charge is 0.252 e. The zero-order valence-electron chi connectivity index (χ0n) is 11.0. The van der Waals surface area contributed by atoms with E-state index in [0.29, 0.717) is 6.54 Å². The van der Waals surface area contributed by atoms with Crippen molar-refractivity contribution in [3.8, 4) is 0 Å². The second-order valence-electron chi connectivity index (χ2n) is 5.43. The van der Waals surface area contributed by atoms with Crippen LogP contribution in [0.4, 0.5) is 0 Å². The van der Waals surface area contributed by atoms with Gasteiger partial charge in [0.05, 0.1) is 15.5 Å². The highest BCUT2D eigenvalue weighted by Crippen LogP contribution is 2.20. The molecule has 106 valence electrons. The molecule has 0 aromatic heterocycles. The molecule has 0 aliphatic heterocycles. The molecule has 1 aromatic carbocycles. The molecule has 1 rings (SSSR count). The molecule has 1 amide bonds. The fourth-order valence-corrected chi connectivity index (χ4v) is 2.04. The van der Waals surface area contributed by atoms with Crippen molar-refractivity contribution in [2.75, 3.05) is 6.54 Å². The Morgan fingerprint density at radius 1 is 1.37 bits per heavy atom. The number of primary sulfonamides is 1. The second-order valence-corrected chi connectivity index (χ2v) is 7.40. The molecule has 0 atom stereocenters. The quantitative estimate of drug-likeness (QED) is 0.891. The number of halogens is 1. The SMILES string of the molecule is CC(C)(C)CNC(=O)c1cc(S(N)(=O)=O)ccc1Cl. The van der Waals surface area contributed by atoms with E-state index < -0.39 is 15.9 Å². The van der Waals surface area contributed by atoms with E-state index in [4.69, 9.17) is 16.7 Å². The van der Waals surface area contributed by atoms with Crippen LogP contribution in [-0.4, -0.2) is 20.9 Å². The zero-order valence-corrected chi connectivity index (χ0v) is 12.6. The summed E-state index contributed by atoms with van der Waals surface area (Å²) in [5.41, 5.74) is 0.0112. The number of nitrogens with two attached hydrogens (primary N) is 1. The van der Waals surface area contributed by atoms with E-state index >= 15 is 0 Å². The third-order valence-electron chi connectivity index (χ3n) is 2.29. The maximum Gasteiger partial charge on any atom is 0.252 e. The number of nitrogens with one attached hydrogen (secondary N) is 1. The number of carbonyl (C=O) groups is 1. The maximum atomic E-state index is 12.0. The first-order valence-corrected chi connectivity index (χ1v) is 7.54. The van der Waals surface area contributed by atoms with Crippen molar-refractivity contribution in [1.82, 2.24) is 5.32 Å². The van der Waals surface area contributed by atoms with Crippen molar-refractivity contribution >= 4 is 27.5 Å². The summed E-state index contributed by atoms with van der Waals surface area (Å²) in [4.78, 5) is 11.8. The van der Waals surface area contributed by atoms with Gasteiger partial charge in [-0.05, 0) is 23.6 Å². The van der Waals surface area contributed by atoms with E-state index in [-0.39, 0.29) is 20.9 Å². The summed E-state index contributed by atoms with van der Waals surface area (Å²) < 4.78 is 22.5. The van der Waals surface area contributed by atoms with Crippen LogP contribution in [0.15, 0.2) is 23.1 Å². The van der Waals surface area contributed by atoms with Crippen molar-refractivity contribution < 1.29 is 13.2 Å². The van der Waals surface area contributed by atoms with Gasteiger partial charge < -0.3 is 5.32 Å². The van der Waals surface area contributed by atoms with Crippen molar-refractivity contribution in [1.29, 1.82) is 0 Å². The van der Waals surface area contributed by atoms with Crippen molar-refractivity contribution in [2.45, 2.75) is 25.7 Å². The van der Waals surface area contributed by atoms with Gasteiger partial charge in [0.15, 0.2) is 0 Å². The van der Waals surface area contributed by atoms with Gasteiger partial charge in [0.25, 0.3) is 5.91 Å². The lowest BCUT2D eigenvalue weighted by atomic mass is 9.97. The Kier molecular flexibility index (Phi) is 4.60. The molecular weight excluding hydrogens is 288 g/mol. The first kappa shape index (κ1) is 15.9. The van der Waals surface area contributed by atoms with Crippen LogP contribution < -0.4 is 10.5 Å². The molecule has 0 bridgehead atoms. The number of carbonyl (C=O) groups excluding carboxylic acids is 1. The molecule has 3 N–H and O–H groups in total. The van der Waals surface area contributed by atoms with Crippen LogP contribution in [0.1, 0.15) is 31.1 Å². The second kappa shape index (κ2) is 5.48. The normalized spacial score (nSPS) is 12.3. The fraction of sp³-hybridized carbons (Fsp3) is 0.417. The molecule has 0 spiro atoms. The number of benzene rings is 1. The van der Waals surface area contributed by atoms with Crippen molar-refractivity contribution in [2.24, 2.45) is 10.6 Å². The van der Waals surface area contributed by atoms with E-state index in [1.807, 2.05) is 20.8 Å². The summed E-state index contributed by atoms with van der Waals surface area (Å²) in [6.45, 7) is 6.35. The third-order valence-corrected chi connectivity index (χ3v) is 3.53.